The smallest absolute Gasteiger partial charge is 0.243 e. The number of nitrogens with one attached hydrogen (secondary N) is 1. The third-order valence-electron chi connectivity index (χ3n) is 5.56. The van der Waals surface area contributed by atoms with Crippen molar-refractivity contribution in [1.82, 2.24) is 19.4 Å². The Balaban J connectivity index is 1.39. The molecule has 1 fully saturated rings. The van der Waals surface area contributed by atoms with Gasteiger partial charge in [0, 0.05) is 32.0 Å². The summed E-state index contributed by atoms with van der Waals surface area (Å²) < 4.78 is 29.2. The molecule has 1 atom stereocenters. The second kappa shape index (κ2) is 9.03. The first-order valence-electron chi connectivity index (χ1n) is 10.4. The van der Waals surface area contributed by atoms with Crippen molar-refractivity contribution < 1.29 is 13.2 Å². The average Bonchev–Trinajstić information content (AvgIpc) is 3.33. The van der Waals surface area contributed by atoms with E-state index in [2.05, 4.69) is 10.4 Å². The minimum atomic E-state index is -3.60. The van der Waals surface area contributed by atoms with Crippen LogP contribution in [0, 0.1) is 12.8 Å². The molecule has 1 aliphatic heterocycles. The van der Waals surface area contributed by atoms with E-state index in [1.165, 1.54) is 4.31 Å². The lowest BCUT2D eigenvalue weighted by Crippen LogP contribution is -2.45. The lowest BCUT2D eigenvalue weighted by atomic mass is 9.98. The predicted octanol–water partition coefficient (Wildman–Crippen LogP) is 2.90. The molecular weight excluding hydrogens is 412 g/mol. The summed E-state index contributed by atoms with van der Waals surface area (Å²) in [5.74, 6) is -0.475. The normalized spacial score (nSPS) is 17.4. The molecule has 0 radical (unpaired) electrons. The Morgan fingerprint density at radius 1 is 1.16 bits per heavy atom. The van der Waals surface area contributed by atoms with Crippen LogP contribution in [0.4, 0.5) is 0 Å². The fourth-order valence-corrected chi connectivity index (χ4v) is 5.32. The highest BCUT2D eigenvalue weighted by Gasteiger charge is 2.33. The molecule has 4 rings (SSSR count). The van der Waals surface area contributed by atoms with Crippen molar-refractivity contribution in [1.29, 1.82) is 0 Å². The number of sulfonamides is 1. The van der Waals surface area contributed by atoms with E-state index in [1.54, 1.807) is 35.1 Å². The van der Waals surface area contributed by atoms with Gasteiger partial charge in [-0.2, -0.15) is 9.40 Å². The van der Waals surface area contributed by atoms with Crippen LogP contribution in [0.25, 0.3) is 5.69 Å². The van der Waals surface area contributed by atoms with E-state index in [1.807, 2.05) is 43.5 Å². The Labute approximate surface area is 182 Å². The maximum atomic E-state index is 13.0. The van der Waals surface area contributed by atoms with E-state index >= 15 is 0 Å². The molecule has 0 spiro atoms. The number of carbonyl (C=O) groups excluding carboxylic acids is 1. The molecule has 1 amide bonds. The van der Waals surface area contributed by atoms with E-state index in [9.17, 15) is 13.2 Å². The molecule has 1 saturated heterocycles. The van der Waals surface area contributed by atoms with Gasteiger partial charge in [-0.25, -0.2) is 13.1 Å². The fraction of sp³-hybridized carbons (Fsp3) is 0.304. The number of benzene rings is 2. The fourth-order valence-electron chi connectivity index (χ4n) is 3.80. The number of hydrogen-bond donors (Lipinski definition) is 1. The van der Waals surface area contributed by atoms with E-state index in [-0.39, 0.29) is 23.3 Å². The molecule has 8 heteroatoms. The van der Waals surface area contributed by atoms with E-state index in [0.717, 1.165) is 16.8 Å². The Bertz CT molecular complexity index is 1140. The molecule has 2 heterocycles. The van der Waals surface area contributed by atoms with Gasteiger partial charge in [0.05, 0.1) is 16.5 Å². The van der Waals surface area contributed by atoms with Crippen LogP contribution in [0.1, 0.15) is 24.0 Å². The molecule has 31 heavy (non-hydrogen) atoms. The van der Waals surface area contributed by atoms with Crippen LogP contribution in [0.2, 0.25) is 0 Å². The summed E-state index contributed by atoms with van der Waals surface area (Å²) in [6.07, 6.45) is 4.92. The third-order valence-corrected chi connectivity index (χ3v) is 7.44. The lowest BCUT2D eigenvalue weighted by molar-refractivity contribution is -0.126. The molecule has 0 saturated carbocycles. The summed E-state index contributed by atoms with van der Waals surface area (Å²) in [6, 6.07) is 16.5. The van der Waals surface area contributed by atoms with Gasteiger partial charge in [0.15, 0.2) is 0 Å². The van der Waals surface area contributed by atoms with Crippen molar-refractivity contribution in [2.75, 3.05) is 13.1 Å². The zero-order chi connectivity index (χ0) is 21.8. The quantitative estimate of drug-likeness (QED) is 0.641. The largest absolute Gasteiger partial charge is 0.352 e. The highest BCUT2D eigenvalue weighted by Crippen LogP contribution is 2.24. The third kappa shape index (κ3) is 4.86. The van der Waals surface area contributed by atoms with Gasteiger partial charge in [0.2, 0.25) is 15.9 Å². The molecule has 1 aliphatic rings. The number of rotatable bonds is 6. The van der Waals surface area contributed by atoms with Crippen LogP contribution in [-0.4, -0.2) is 41.5 Å². The highest BCUT2D eigenvalue weighted by atomic mass is 32.2. The van der Waals surface area contributed by atoms with Crippen molar-refractivity contribution in [3.63, 3.8) is 0 Å². The van der Waals surface area contributed by atoms with Crippen LogP contribution >= 0.6 is 0 Å². The van der Waals surface area contributed by atoms with Gasteiger partial charge in [0.25, 0.3) is 0 Å². The zero-order valence-electron chi connectivity index (χ0n) is 17.4. The van der Waals surface area contributed by atoms with Gasteiger partial charge in [-0.15, -0.1) is 0 Å². The number of amides is 1. The predicted molar refractivity (Wildman–Crippen MR) is 118 cm³/mol. The number of hydrogen-bond acceptors (Lipinski definition) is 4. The van der Waals surface area contributed by atoms with Crippen LogP contribution in [0.15, 0.2) is 71.9 Å². The standard InChI is InChI=1S/C23H26N4O3S/c1-18-8-10-22(11-9-18)31(29,30)26-13-3-6-20(17-26)23(28)24-16-19-5-2-7-21(15-19)27-14-4-12-25-27/h2,4-5,7-12,14-15,20H,3,6,13,16-17H2,1H3,(H,24,28). The van der Waals surface area contributed by atoms with Gasteiger partial charge < -0.3 is 5.32 Å². The molecule has 162 valence electrons. The van der Waals surface area contributed by atoms with Gasteiger partial charge in [-0.05, 0) is 55.7 Å². The van der Waals surface area contributed by atoms with Crippen molar-refractivity contribution in [2.45, 2.75) is 31.2 Å². The molecule has 1 unspecified atom stereocenters. The molecule has 3 aromatic rings. The lowest BCUT2D eigenvalue weighted by Gasteiger charge is -2.31. The van der Waals surface area contributed by atoms with Crippen LogP contribution in [-0.2, 0) is 21.4 Å². The van der Waals surface area contributed by atoms with E-state index in [4.69, 9.17) is 0 Å². The summed E-state index contributed by atoms with van der Waals surface area (Å²) in [5.41, 5.74) is 2.89. The molecule has 1 aromatic heterocycles. The van der Waals surface area contributed by atoms with Crippen LogP contribution in [0.3, 0.4) is 0 Å². The first-order chi connectivity index (χ1) is 14.9. The topological polar surface area (TPSA) is 84.3 Å². The van der Waals surface area contributed by atoms with Gasteiger partial charge in [-0.3, -0.25) is 4.79 Å². The van der Waals surface area contributed by atoms with E-state index in [0.29, 0.717) is 25.9 Å². The number of aryl methyl sites for hydroxylation is 1. The Kier molecular flexibility index (Phi) is 6.20. The van der Waals surface area contributed by atoms with Crippen molar-refractivity contribution >= 4 is 15.9 Å². The Morgan fingerprint density at radius 2 is 1.97 bits per heavy atom. The monoisotopic (exact) mass is 438 g/mol. The zero-order valence-corrected chi connectivity index (χ0v) is 18.3. The summed E-state index contributed by atoms with van der Waals surface area (Å²) >= 11 is 0. The number of carbonyl (C=O) groups is 1. The van der Waals surface area contributed by atoms with Crippen molar-refractivity contribution in [3.8, 4) is 5.69 Å². The maximum Gasteiger partial charge on any atom is 0.243 e. The van der Waals surface area contributed by atoms with Gasteiger partial charge in [-0.1, -0.05) is 29.8 Å². The molecule has 0 bridgehead atoms. The molecule has 7 nitrogen and oxygen atoms in total. The highest BCUT2D eigenvalue weighted by molar-refractivity contribution is 7.89. The minimum absolute atomic E-state index is 0.117. The minimum Gasteiger partial charge on any atom is -0.352 e. The summed E-state index contributed by atoms with van der Waals surface area (Å²) in [7, 11) is -3.60. The Morgan fingerprint density at radius 3 is 2.71 bits per heavy atom. The molecular formula is C23H26N4O3S. The molecule has 2 aromatic carbocycles. The number of nitrogens with zero attached hydrogens (tertiary/aromatic N) is 3. The first kappa shape index (κ1) is 21.3. The number of piperidine rings is 1. The second-order valence-electron chi connectivity index (χ2n) is 7.85. The second-order valence-corrected chi connectivity index (χ2v) is 9.79. The summed E-state index contributed by atoms with van der Waals surface area (Å²) in [6.45, 7) is 2.94. The van der Waals surface area contributed by atoms with Crippen LogP contribution < -0.4 is 5.32 Å². The maximum absolute atomic E-state index is 13.0. The van der Waals surface area contributed by atoms with Crippen molar-refractivity contribution in [3.05, 3.63) is 78.1 Å². The van der Waals surface area contributed by atoms with Gasteiger partial charge >= 0.3 is 0 Å². The first-order valence-corrected chi connectivity index (χ1v) is 11.8. The average molecular weight is 439 g/mol. The summed E-state index contributed by atoms with van der Waals surface area (Å²) in [5, 5.41) is 7.19. The molecule has 0 aliphatic carbocycles. The van der Waals surface area contributed by atoms with Gasteiger partial charge in [0.1, 0.15) is 0 Å². The molecule has 1 N–H and O–H groups in total. The SMILES string of the molecule is Cc1ccc(S(=O)(=O)N2CCCC(C(=O)NCc3cccc(-n4cccn4)c3)C2)cc1. The number of aromatic nitrogens is 2. The Hall–Kier alpha value is -2.97. The van der Waals surface area contributed by atoms with Crippen LogP contribution in [0.5, 0.6) is 0 Å². The summed E-state index contributed by atoms with van der Waals surface area (Å²) in [4.78, 5) is 13.1. The van der Waals surface area contributed by atoms with Crippen molar-refractivity contribution in [2.24, 2.45) is 5.92 Å². The van der Waals surface area contributed by atoms with E-state index < -0.39 is 10.0 Å².